The number of carbonyl (C=O) groups is 1. The van der Waals surface area contributed by atoms with Gasteiger partial charge in [0.15, 0.2) is 0 Å². The van der Waals surface area contributed by atoms with Gasteiger partial charge in [0.2, 0.25) is 5.91 Å². The summed E-state index contributed by atoms with van der Waals surface area (Å²) in [6, 6.07) is 13.3. The summed E-state index contributed by atoms with van der Waals surface area (Å²) in [7, 11) is -2.16. The van der Waals surface area contributed by atoms with Crippen molar-refractivity contribution in [2.24, 2.45) is 0 Å². The van der Waals surface area contributed by atoms with E-state index in [0.29, 0.717) is 23.2 Å². The number of nitrogens with zero attached hydrogens (tertiary/aromatic N) is 1. The van der Waals surface area contributed by atoms with Crippen LogP contribution in [0.25, 0.3) is 0 Å². The van der Waals surface area contributed by atoms with E-state index in [0.717, 1.165) is 18.4 Å². The lowest BCUT2D eigenvalue weighted by atomic mass is 10.1. The van der Waals surface area contributed by atoms with Crippen LogP contribution in [-0.2, 0) is 21.2 Å². The van der Waals surface area contributed by atoms with Crippen molar-refractivity contribution in [3.05, 3.63) is 59.1 Å². The fourth-order valence-electron chi connectivity index (χ4n) is 2.42. The molecule has 1 saturated carbocycles. The van der Waals surface area contributed by atoms with Gasteiger partial charge in [0.1, 0.15) is 0 Å². The Labute approximate surface area is 152 Å². The van der Waals surface area contributed by atoms with E-state index in [9.17, 15) is 13.2 Å². The smallest absolute Gasteiger partial charge is 0.264 e. The first-order valence-electron chi connectivity index (χ1n) is 7.99. The third kappa shape index (κ3) is 4.32. The van der Waals surface area contributed by atoms with E-state index in [1.165, 1.54) is 23.5 Å². The maximum atomic E-state index is 12.7. The van der Waals surface area contributed by atoms with Crippen molar-refractivity contribution in [2.75, 3.05) is 11.4 Å². The minimum absolute atomic E-state index is 0.00242. The summed E-state index contributed by atoms with van der Waals surface area (Å²) in [5, 5.41) is 3.42. The normalized spacial score (nSPS) is 14.2. The monoisotopic (exact) mass is 378 g/mol. The minimum atomic E-state index is -3.66. The molecule has 1 fully saturated rings. The summed E-state index contributed by atoms with van der Waals surface area (Å²) >= 11 is 5.81. The minimum Gasteiger partial charge on any atom is -0.353 e. The molecule has 1 N–H and O–H groups in total. The highest BCUT2D eigenvalue weighted by Crippen LogP contribution is 2.24. The van der Waals surface area contributed by atoms with E-state index in [4.69, 9.17) is 11.6 Å². The first-order valence-corrected chi connectivity index (χ1v) is 9.81. The van der Waals surface area contributed by atoms with Crippen LogP contribution in [-0.4, -0.2) is 27.4 Å². The van der Waals surface area contributed by atoms with Gasteiger partial charge in [-0.15, -0.1) is 0 Å². The molecule has 0 saturated heterocycles. The number of benzene rings is 2. The summed E-state index contributed by atoms with van der Waals surface area (Å²) in [6.45, 7) is 0. The highest BCUT2D eigenvalue weighted by Gasteiger charge is 2.23. The SMILES string of the molecule is CN(c1ccc(CC(=O)NC2CC2)cc1)S(=O)(=O)c1ccc(Cl)cc1. The number of anilines is 1. The van der Waals surface area contributed by atoms with Gasteiger partial charge in [0.05, 0.1) is 17.0 Å². The van der Waals surface area contributed by atoms with Crippen LogP contribution in [0.5, 0.6) is 0 Å². The molecule has 1 aliphatic rings. The first kappa shape index (κ1) is 17.8. The molecule has 2 aromatic rings. The van der Waals surface area contributed by atoms with Gasteiger partial charge < -0.3 is 5.32 Å². The van der Waals surface area contributed by atoms with Crippen LogP contribution >= 0.6 is 11.6 Å². The predicted molar refractivity (Wildman–Crippen MR) is 98.4 cm³/mol. The molecule has 0 spiro atoms. The van der Waals surface area contributed by atoms with Crippen LogP contribution in [0.2, 0.25) is 5.02 Å². The number of carbonyl (C=O) groups excluding carboxylic acids is 1. The highest BCUT2D eigenvalue weighted by atomic mass is 35.5. The van der Waals surface area contributed by atoms with Gasteiger partial charge in [-0.05, 0) is 54.8 Å². The number of rotatable bonds is 6. The fourth-order valence-corrected chi connectivity index (χ4v) is 3.74. The molecular formula is C18H19ClN2O3S. The van der Waals surface area contributed by atoms with Crippen LogP contribution in [0.4, 0.5) is 5.69 Å². The summed E-state index contributed by atoms with van der Waals surface area (Å²) in [6.07, 6.45) is 2.40. The Bertz CT molecular complexity index is 860. The van der Waals surface area contributed by atoms with Crippen molar-refractivity contribution < 1.29 is 13.2 Å². The molecule has 1 aliphatic carbocycles. The van der Waals surface area contributed by atoms with E-state index in [1.807, 2.05) is 0 Å². The Morgan fingerprint density at radius 1 is 1.12 bits per heavy atom. The van der Waals surface area contributed by atoms with Crippen LogP contribution in [0.3, 0.4) is 0 Å². The second kappa shape index (κ2) is 7.06. The van der Waals surface area contributed by atoms with Crippen molar-refractivity contribution >= 4 is 33.2 Å². The van der Waals surface area contributed by atoms with Crippen molar-refractivity contribution in [1.29, 1.82) is 0 Å². The van der Waals surface area contributed by atoms with Crippen LogP contribution in [0.15, 0.2) is 53.4 Å². The molecule has 7 heteroatoms. The molecule has 0 heterocycles. The maximum absolute atomic E-state index is 12.7. The third-order valence-electron chi connectivity index (χ3n) is 4.08. The lowest BCUT2D eigenvalue weighted by Crippen LogP contribution is -2.27. The van der Waals surface area contributed by atoms with E-state index >= 15 is 0 Å². The lowest BCUT2D eigenvalue weighted by molar-refractivity contribution is -0.120. The summed E-state index contributed by atoms with van der Waals surface area (Å²) < 4.78 is 26.5. The fraction of sp³-hybridized carbons (Fsp3) is 0.278. The first-order chi connectivity index (χ1) is 11.9. The van der Waals surface area contributed by atoms with Crippen molar-refractivity contribution in [3.63, 3.8) is 0 Å². The number of hydrogen-bond donors (Lipinski definition) is 1. The van der Waals surface area contributed by atoms with E-state index in [1.54, 1.807) is 36.4 Å². The van der Waals surface area contributed by atoms with Crippen molar-refractivity contribution in [2.45, 2.75) is 30.2 Å². The van der Waals surface area contributed by atoms with Crippen molar-refractivity contribution in [1.82, 2.24) is 5.32 Å². The topological polar surface area (TPSA) is 66.5 Å². The summed E-state index contributed by atoms with van der Waals surface area (Å²) in [4.78, 5) is 12.0. The predicted octanol–water partition coefficient (Wildman–Crippen LogP) is 2.99. The molecule has 0 unspecified atom stereocenters. The number of amides is 1. The van der Waals surface area contributed by atoms with Gasteiger partial charge in [0, 0.05) is 18.1 Å². The zero-order valence-electron chi connectivity index (χ0n) is 13.8. The Kier molecular flexibility index (Phi) is 5.01. The number of hydrogen-bond acceptors (Lipinski definition) is 3. The molecular weight excluding hydrogens is 360 g/mol. The van der Waals surface area contributed by atoms with Gasteiger partial charge in [-0.1, -0.05) is 23.7 Å². The molecule has 0 atom stereocenters. The van der Waals surface area contributed by atoms with Gasteiger partial charge in [-0.2, -0.15) is 0 Å². The van der Waals surface area contributed by atoms with Gasteiger partial charge >= 0.3 is 0 Å². The van der Waals surface area contributed by atoms with E-state index < -0.39 is 10.0 Å². The van der Waals surface area contributed by atoms with E-state index in [-0.39, 0.29) is 10.8 Å². The molecule has 0 radical (unpaired) electrons. The average Bonchev–Trinajstić information content (AvgIpc) is 3.39. The Morgan fingerprint density at radius 2 is 1.72 bits per heavy atom. The average molecular weight is 379 g/mol. The molecule has 2 aromatic carbocycles. The molecule has 25 heavy (non-hydrogen) atoms. The molecule has 0 bridgehead atoms. The zero-order chi connectivity index (χ0) is 18.0. The zero-order valence-corrected chi connectivity index (χ0v) is 15.3. The second-order valence-electron chi connectivity index (χ2n) is 6.11. The molecule has 0 aliphatic heterocycles. The summed E-state index contributed by atoms with van der Waals surface area (Å²) in [5.74, 6) is -0.00242. The number of nitrogens with one attached hydrogen (secondary N) is 1. The molecule has 5 nitrogen and oxygen atoms in total. The molecule has 0 aromatic heterocycles. The van der Waals surface area contributed by atoms with Crippen molar-refractivity contribution in [3.8, 4) is 0 Å². The third-order valence-corrected chi connectivity index (χ3v) is 6.13. The van der Waals surface area contributed by atoms with Crippen LogP contribution < -0.4 is 9.62 Å². The van der Waals surface area contributed by atoms with Crippen LogP contribution in [0.1, 0.15) is 18.4 Å². The summed E-state index contributed by atoms with van der Waals surface area (Å²) in [5.41, 5.74) is 1.38. The van der Waals surface area contributed by atoms with Crippen LogP contribution in [0, 0.1) is 0 Å². The standard InChI is InChI=1S/C18H19ClN2O3S/c1-21(25(23,24)17-10-4-14(19)5-11-17)16-8-2-13(3-9-16)12-18(22)20-15-6-7-15/h2-5,8-11,15H,6-7,12H2,1H3,(H,20,22). The largest absolute Gasteiger partial charge is 0.353 e. The molecule has 1 amide bonds. The molecule has 132 valence electrons. The number of sulfonamides is 1. The van der Waals surface area contributed by atoms with Gasteiger partial charge in [-0.3, -0.25) is 9.10 Å². The highest BCUT2D eigenvalue weighted by molar-refractivity contribution is 7.92. The van der Waals surface area contributed by atoms with E-state index in [2.05, 4.69) is 5.32 Å². The molecule has 3 rings (SSSR count). The lowest BCUT2D eigenvalue weighted by Gasteiger charge is -2.20. The van der Waals surface area contributed by atoms with Gasteiger partial charge in [0.25, 0.3) is 10.0 Å². The maximum Gasteiger partial charge on any atom is 0.264 e. The Hall–Kier alpha value is -2.05. The Balaban J connectivity index is 1.72. The quantitative estimate of drug-likeness (QED) is 0.840. The van der Waals surface area contributed by atoms with Gasteiger partial charge in [-0.25, -0.2) is 8.42 Å². The second-order valence-corrected chi connectivity index (χ2v) is 8.52. The number of halogens is 1. The Morgan fingerprint density at radius 3 is 2.28 bits per heavy atom.